The van der Waals surface area contributed by atoms with E-state index in [1.165, 1.54) is 6.20 Å². The molecule has 106 valence electrons. The van der Waals surface area contributed by atoms with Crippen molar-refractivity contribution in [2.24, 2.45) is 0 Å². The molecular formula is C14H12ClN5O. The van der Waals surface area contributed by atoms with Crippen LogP contribution in [0.2, 0.25) is 5.15 Å². The first kappa shape index (κ1) is 14.7. The summed E-state index contributed by atoms with van der Waals surface area (Å²) in [6, 6.07) is 7.97. The molecule has 0 aliphatic carbocycles. The van der Waals surface area contributed by atoms with Crippen LogP contribution in [0.1, 0.15) is 16.7 Å². The lowest BCUT2D eigenvalue weighted by atomic mass is 9.99. The van der Waals surface area contributed by atoms with Crippen LogP contribution in [-0.2, 0) is 4.74 Å². The van der Waals surface area contributed by atoms with Gasteiger partial charge in [0.25, 0.3) is 0 Å². The van der Waals surface area contributed by atoms with Crippen LogP contribution >= 0.6 is 11.6 Å². The molecule has 1 heterocycles. The fourth-order valence-corrected chi connectivity index (χ4v) is 1.93. The summed E-state index contributed by atoms with van der Waals surface area (Å²) in [6.45, 7) is 0. The molecule has 7 heteroatoms. The molecule has 21 heavy (non-hydrogen) atoms. The van der Waals surface area contributed by atoms with E-state index in [4.69, 9.17) is 38.3 Å². The molecule has 0 spiro atoms. The SMILES string of the molecule is N=COC(=N)c1ccc(N)c(C(=N)c2ccnc(Cl)c2)c1. The average molecular weight is 302 g/mol. The standard InChI is InChI=1S/C14H12ClN5O/c15-12-6-8(3-4-20-12)13(18)10-5-9(1-2-11(10)17)14(19)21-7-16/h1-7,16,18-19H,17H2. The van der Waals surface area contributed by atoms with Crippen LogP contribution in [0, 0.1) is 16.2 Å². The summed E-state index contributed by atoms with van der Waals surface area (Å²) >= 11 is 5.82. The van der Waals surface area contributed by atoms with Crippen LogP contribution in [0.4, 0.5) is 5.69 Å². The summed E-state index contributed by atoms with van der Waals surface area (Å²) in [7, 11) is 0. The molecule has 5 N–H and O–H groups in total. The Balaban J connectivity index is 2.43. The fourth-order valence-electron chi connectivity index (χ4n) is 1.75. The number of pyridine rings is 1. The predicted molar refractivity (Wildman–Crippen MR) is 82.7 cm³/mol. The minimum Gasteiger partial charge on any atom is -0.428 e. The van der Waals surface area contributed by atoms with Crippen LogP contribution in [0.25, 0.3) is 0 Å². The summed E-state index contributed by atoms with van der Waals surface area (Å²) in [5, 5.41) is 23.0. The maximum absolute atomic E-state index is 8.23. The van der Waals surface area contributed by atoms with Crippen molar-refractivity contribution in [2.75, 3.05) is 5.73 Å². The predicted octanol–water partition coefficient (Wildman–Crippen LogP) is 2.68. The van der Waals surface area contributed by atoms with Gasteiger partial charge in [0.15, 0.2) is 6.40 Å². The van der Waals surface area contributed by atoms with Crippen molar-refractivity contribution in [3.63, 3.8) is 0 Å². The summed E-state index contributed by atoms with van der Waals surface area (Å²) in [5.41, 5.74) is 7.91. The van der Waals surface area contributed by atoms with Crippen molar-refractivity contribution < 1.29 is 4.74 Å². The number of ether oxygens (including phenoxy) is 1. The molecule has 0 aliphatic heterocycles. The Labute approximate surface area is 126 Å². The van der Waals surface area contributed by atoms with Gasteiger partial charge in [-0.05, 0) is 30.3 Å². The third-order valence-corrected chi connectivity index (χ3v) is 2.98. The molecular weight excluding hydrogens is 290 g/mol. The van der Waals surface area contributed by atoms with Crippen LogP contribution in [0.15, 0.2) is 36.5 Å². The number of rotatable bonds is 4. The summed E-state index contributed by atoms with van der Waals surface area (Å²) in [4.78, 5) is 3.87. The Morgan fingerprint density at radius 2 is 1.95 bits per heavy atom. The van der Waals surface area contributed by atoms with E-state index in [-0.39, 0.29) is 16.8 Å². The normalized spacial score (nSPS) is 9.95. The molecule has 0 unspecified atom stereocenters. The molecule has 1 aromatic carbocycles. The minimum absolute atomic E-state index is 0.168. The van der Waals surface area contributed by atoms with Gasteiger partial charge in [-0.25, -0.2) is 4.98 Å². The van der Waals surface area contributed by atoms with Crippen molar-refractivity contribution in [3.05, 3.63) is 58.4 Å². The lowest BCUT2D eigenvalue weighted by Gasteiger charge is -2.10. The first-order valence-corrected chi connectivity index (χ1v) is 6.25. The summed E-state index contributed by atoms with van der Waals surface area (Å²) in [6.07, 6.45) is 2.18. The number of hydrogen-bond donors (Lipinski definition) is 4. The second kappa shape index (κ2) is 6.15. The second-order valence-corrected chi connectivity index (χ2v) is 4.50. The van der Waals surface area contributed by atoms with Crippen LogP contribution in [0.3, 0.4) is 0 Å². The largest absolute Gasteiger partial charge is 0.428 e. The van der Waals surface area contributed by atoms with Gasteiger partial charge in [-0.3, -0.25) is 16.2 Å². The molecule has 0 aliphatic rings. The molecule has 0 saturated heterocycles. The maximum Gasteiger partial charge on any atom is 0.220 e. The van der Waals surface area contributed by atoms with E-state index in [0.717, 1.165) is 0 Å². The van der Waals surface area contributed by atoms with Crippen LogP contribution in [-0.4, -0.2) is 23.0 Å². The number of aromatic nitrogens is 1. The Hall–Kier alpha value is -2.73. The first-order chi connectivity index (χ1) is 10.0. The van der Waals surface area contributed by atoms with E-state index in [0.29, 0.717) is 28.8 Å². The molecule has 6 nitrogen and oxygen atoms in total. The highest BCUT2D eigenvalue weighted by atomic mass is 35.5. The average Bonchev–Trinajstić information content (AvgIpc) is 2.47. The monoisotopic (exact) mass is 301 g/mol. The third-order valence-electron chi connectivity index (χ3n) is 2.78. The second-order valence-electron chi connectivity index (χ2n) is 4.11. The van der Waals surface area contributed by atoms with Gasteiger partial charge in [0.1, 0.15) is 5.15 Å². The zero-order chi connectivity index (χ0) is 15.4. The summed E-state index contributed by atoms with van der Waals surface area (Å²) in [5.74, 6) is -0.188. The molecule has 0 atom stereocenters. The van der Waals surface area contributed by atoms with E-state index >= 15 is 0 Å². The molecule has 0 saturated carbocycles. The molecule has 0 radical (unpaired) electrons. The number of hydrogen-bond acceptors (Lipinski definition) is 6. The van der Waals surface area contributed by atoms with Crippen LogP contribution < -0.4 is 5.73 Å². The molecule has 1 aromatic heterocycles. The molecule has 0 fully saturated rings. The zero-order valence-corrected chi connectivity index (χ0v) is 11.6. The van der Waals surface area contributed by atoms with Crippen molar-refractivity contribution in [1.29, 1.82) is 16.2 Å². The van der Waals surface area contributed by atoms with E-state index in [2.05, 4.69) is 4.98 Å². The highest BCUT2D eigenvalue weighted by Crippen LogP contribution is 2.20. The fraction of sp³-hybridized carbons (Fsp3) is 0. The quantitative estimate of drug-likeness (QED) is 0.301. The Morgan fingerprint density at radius 1 is 1.19 bits per heavy atom. The number of benzene rings is 1. The van der Waals surface area contributed by atoms with E-state index in [1.807, 2.05) is 0 Å². The number of nitrogen functional groups attached to an aromatic ring is 1. The van der Waals surface area contributed by atoms with Gasteiger partial charge in [0.05, 0.1) is 5.71 Å². The van der Waals surface area contributed by atoms with Gasteiger partial charge < -0.3 is 10.5 Å². The highest BCUT2D eigenvalue weighted by Gasteiger charge is 2.12. The van der Waals surface area contributed by atoms with Crippen molar-refractivity contribution in [2.45, 2.75) is 0 Å². The Morgan fingerprint density at radius 3 is 2.62 bits per heavy atom. The van der Waals surface area contributed by atoms with E-state index in [1.54, 1.807) is 30.3 Å². The van der Waals surface area contributed by atoms with Gasteiger partial charge in [-0.1, -0.05) is 11.6 Å². The lowest BCUT2D eigenvalue weighted by molar-refractivity contribution is 0.561. The van der Waals surface area contributed by atoms with E-state index in [9.17, 15) is 0 Å². The summed E-state index contributed by atoms with van der Waals surface area (Å²) < 4.78 is 4.71. The number of halogens is 1. The molecule has 0 bridgehead atoms. The van der Waals surface area contributed by atoms with Crippen molar-refractivity contribution in [1.82, 2.24) is 4.98 Å². The number of nitrogens with one attached hydrogen (secondary N) is 3. The minimum atomic E-state index is -0.188. The molecule has 0 amide bonds. The van der Waals surface area contributed by atoms with Crippen molar-refractivity contribution >= 4 is 35.3 Å². The van der Waals surface area contributed by atoms with Crippen molar-refractivity contribution in [3.8, 4) is 0 Å². The number of nitrogens with two attached hydrogens (primary N) is 1. The maximum atomic E-state index is 8.23. The highest BCUT2D eigenvalue weighted by molar-refractivity contribution is 6.30. The number of anilines is 1. The topological polar surface area (TPSA) is 120 Å². The Kier molecular flexibility index (Phi) is 4.30. The molecule has 2 aromatic rings. The number of nitrogens with zero attached hydrogens (tertiary/aromatic N) is 1. The third kappa shape index (κ3) is 3.24. The lowest BCUT2D eigenvalue weighted by Crippen LogP contribution is -2.09. The smallest absolute Gasteiger partial charge is 0.220 e. The van der Waals surface area contributed by atoms with Gasteiger partial charge in [0, 0.05) is 28.6 Å². The Bertz CT molecular complexity index is 729. The van der Waals surface area contributed by atoms with Gasteiger partial charge in [-0.15, -0.1) is 0 Å². The van der Waals surface area contributed by atoms with E-state index < -0.39 is 0 Å². The van der Waals surface area contributed by atoms with Gasteiger partial charge >= 0.3 is 0 Å². The van der Waals surface area contributed by atoms with Gasteiger partial charge in [0.2, 0.25) is 5.90 Å². The van der Waals surface area contributed by atoms with Gasteiger partial charge in [-0.2, -0.15) is 0 Å². The first-order valence-electron chi connectivity index (χ1n) is 5.88. The zero-order valence-electron chi connectivity index (χ0n) is 10.9. The molecule has 2 rings (SSSR count). The van der Waals surface area contributed by atoms with Crippen LogP contribution in [0.5, 0.6) is 0 Å².